The lowest BCUT2D eigenvalue weighted by molar-refractivity contribution is -0.123. The summed E-state index contributed by atoms with van der Waals surface area (Å²) in [5.41, 5.74) is 6.65. The van der Waals surface area contributed by atoms with Gasteiger partial charge in [0, 0.05) is 5.92 Å². The lowest BCUT2D eigenvalue weighted by Gasteiger charge is -2.07. The van der Waals surface area contributed by atoms with Gasteiger partial charge in [-0.05, 0) is 25.3 Å². The van der Waals surface area contributed by atoms with Crippen LogP contribution in [0.5, 0.6) is 0 Å². The zero-order chi connectivity index (χ0) is 16.4. The highest BCUT2D eigenvalue weighted by Gasteiger charge is 2.30. The maximum absolute atomic E-state index is 12.2. The van der Waals surface area contributed by atoms with Gasteiger partial charge in [0.15, 0.2) is 0 Å². The number of nitrogens with one attached hydrogen (secondary N) is 2. The first kappa shape index (κ1) is 15.6. The van der Waals surface area contributed by atoms with Crippen LogP contribution in [0.1, 0.15) is 34.5 Å². The molecular weight excluding hydrogens is 316 g/mol. The molecule has 0 spiro atoms. The molecule has 0 radical (unpaired) electrons. The van der Waals surface area contributed by atoms with E-state index in [2.05, 4.69) is 16.0 Å². The Balaban J connectivity index is 1.71. The molecule has 6 nitrogen and oxygen atoms in total. The summed E-state index contributed by atoms with van der Waals surface area (Å²) in [5, 5.41) is 4.57. The molecule has 1 aliphatic rings. The number of benzene rings is 1. The quantitative estimate of drug-likeness (QED) is 0.841. The van der Waals surface area contributed by atoms with Crippen molar-refractivity contribution in [2.75, 3.05) is 0 Å². The van der Waals surface area contributed by atoms with E-state index in [9.17, 15) is 9.59 Å². The number of carbonyl (C=O) groups is 2. The predicted molar refractivity (Wildman–Crippen MR) is 85.9 cm³/mol. The Kier molecular flexibility index (Phi) is 4.34. The highest BCUT2D eigenvalue weighted by Crippen LogP contribution is 2.28. The molecule has 1 heterocycles. The van der Waals surface area contributed by atoms with E-state index >= 15 is 0 Å². The van der Waals surface area contributed by atoms with Gasteiger partial charge in [0.05, 0.1) is 12.2 Å². The largest absolute Gasteiger partial charge is 0.274 e. The highest BCUT2D eigenvalue weighted by molar-refractivity contribution is 6.33. The molecule has 3 rings (SSSR count). The average molecular weight is 333 g/mol. The molecule has 2 aromatic rings. The van der Waals surface area contributed by atoms with Crippen molar-refractivity contribution in [2.24, 2.45) is 5.92 Å². The van der Waals surface area contributed by atoms with Gasteiger partial charge in [0.2, 0.25) is 5.91 Å². The van der Waals surface area contributed by atoms with Crippen molar-refractivity contribution in [3.63, 3.8) is 0 Å². The van der Waals surface area contributed by atoms with Crippen molar-refractivity contribution in [2.45, 2.75) is 26.3 Å². The summed E-state index contributed by atoms with van der Waals surface area (Å²) in [6.45, 7) is 2.19. The molecule has 0 saturated heterocycles. The van der Waals surface area contributed by atoms with Crippen LogP contribution in [0.4, 0.5) is 0 Å². The normalized spacial score (nSPS) is 13.7. The summed E-state index contributed by atoms with van der Waals surface area (Å²) in [6.07, 6.45) is 1.74. The van der Waals surface area contributed by atoms with Crippen molar-refractivity contribution in [3.05, 3.63) is 52.3 Å². The number of aryl methyl sites for hydroxylation is 1. The third kappa shape index (κ3) is 3.53. The molecule has 2 amide bonds. The number of carbonyl (C=O) groups excluding carboxylic acids is 2. The zero-order valence-electron chi connectivity index (χ0n) is 12.7. The molecule has 120 valence electrons. The average Bonchev–Trinajstić information content (AvgIpc) is 3.34. The molecule has 1 aromatic heterocycles. The second-order valence-corrected chi connectivity index (χ2v) is 5.97. The van der Waals surface area contributed by atoms with Crippen LogP contribution in [0.2, 0.25) is 5.15 Å². The Hall–Kier alpha value is -2.34. The van der Waals surface area contributed by atoms with Crippen LogP contribution in [-0.2, 0) is 11.3 Å². The van der Waals surface area contributed by atoms with E-state index in [0.29, 0.717) is 12.2 Å². The molecule has 7 heteroatoms. The summed E-state index contributed by atoms with van der Waals surface area (Å²) < 4.78 is 1.57. The third-order valence-electron chi connectivity index (χ3n) is 3.72. The molecule has 1 aromatic carbocycles. The zero-order valence-corrected chi connectivity index (χ0v) is 13.4. The summed E-state index contributed by atoms with van der Waals surface area (Å²) in [6, 6.07) is 9.72. The fourth-order valence-electron chi connectivity index (χ4n) is 2.30. The number of hydrogen-bond acceptors (Lipinski definition) is 3. The van der Waals surface area contributed by atoms with E-state index in [1.165, 1.54) is 0 Å². The van der Waals surface area contributed by atoms with Crippen molar-refractivity contribution < 1.29 is 9.59 Å². The lowest BCUT2D eigenvalue weighted by Crippen LogP contribution is -2.42. The Morgan fingerprint density at radius 1 is 1.26 bits per heavy atom. The second-order valence-electron chi connectivity index (χ2n) is 5.61. The lowest BCUT2D eigenvalue weighted by atomic mass is 10.2. The number of nitrogens with zero attached hydrogens (tertiary/aromatic N) is 2. The number of hydrazine groups is 1. The molecule has 1 saturated carbocycles. The number of rotatable bonds is 4. The standard InChI is InChI=1S/C16H17ClN4O2/c1-10-13(16(23)19-18-15(22)12-7-8-12)14(17)21(20-10)9-11-5-3-2-4-6-11/h2-6,12H,7-9H2,1H3,(H,18,22)(H,19,23). The fraction of sp³-hybridized carbons (Fsp3) is 0.312. The monoisotopic (exact) mass is 332 g/mol. The molecule has 2 N–H and O–H groups in total. The Morgan fingerprint density at radius 2 is 1.96 bits per heavy atom. The maximum atomic E-state index is 12.2. The maximum Gasteiger partial charge on any atom is 0.274 e. The number of hydrogen-bond donors (Lipinski definition) is 2. The van der Waals surface area contributed by atoms with Gasteiger partial charge in [-0.15, -0.1) is 0 Å². The first-order chi connectivity index (χ1) is 11.1. The molecule has 23 heavy (non-hydrogen) atoms. The molecule has 1 aliphatic carbocycles. The minimum atomic E-state index is -0.458. The third-order valence-corrected chi connectivity index (χ3v) is 4.10. The van der Waals surface area contributed by atoms with Crippen molar-refractivity contribution in [1.29, 1.82) is 0 Å². The summed E-state index contributed by atoms with van der Waals surface area (Å²) >= 11 is 6.29. The van der Waals surface area contributed by atoms with Crippen molar-refractivity contribution in [1.82, 2.24) is 20.6 Å². The van der Waals surface area contributed by atoms with Gasteiger partial charge in [0.1, 0.15) is 10.7 Å². The van der Waals surface area contributed by atoms with Gasteiger partial charge < -0.3 is 0 Å². The van der Waals surface area contributed by atoms with E-state index in [1.54, 1.807) is 11.6 Å². The minimum absolute atomic E-state index is 0.0210. The molecule has 1 fully saturated rings. The molecule has 0 atom stereocenters. The minimum Gasteiger partial charge on any atom is -0.273 e. The van der Waals surface area contributed by atoms with E-state index in [0.717, 1.165) is 18.4 Å². The van der Waals surface area contributed by atoms with Gasteiger partial charge in [-0.2, -0.15) is 5.10 Å². The summed E-state index contributed by atoms with van der Waals surface area (Å²) in [4.78, 5) is 23.8. The van der Waals surface area contributed by atoms with Crippen molar-refractivity contribution in [3.8, 4) is 0 Å². The number of aromatic nitrogens is 2. The van der Waals surface area contributed by atoms with Gasteiger partial charge in [0.25, 0.3) is 5.91 Å². The van der Waals surface area contributed by atoms with Crippen LogP contribution in [0, 0.1) is 12.8 Å². The Labute approximate surface area is 138 Å². The summed E-state index contributed by atoms with van der Waals surface area (Å²) in [7, 11) is 0. The Bertz CT molecular complexity index is 738. The van der Waals surface area contributed by atoms with Crippen molar-refractivity contribution >= 4 is 23.4 Å². The van der Waals surface area contributed by atoms with Crippen LogP contribution in [0.25, 0.3) is 0 Å². The van der Waals surface area contributed by atoms with Crippen LogP contribution >= 0.6 is 11.6 Å². The topological polar surface area (TPSA) is 76.0 Å². The molecule has 0 bridgehead atoms. The molecule has 0 unspecified atom stereocenters. The first-order valence-electron chi connectivity index (χ1n) is 7.43. The van der Waals surface area contributed by atoms with Crippen LogP contribution in [0.3, 0.4) is 0 Å². The molecule has 0 aliphatic heterocycles. The first-order valence-corrected chi connectivity index (χ1v) is 7.81. The van der Waals surface area contributed by atoms with E-state index < -0.39 is 5.91 Å². The predicted octanol–water partition coefficient (Wildman–Crippen LogP) is 2.06. The fourth-order valence-corrected chi connectivity index (χ4v) is 2.62. The SMILES string of the molecule is Cc1nn(Cc2ccccc2)c(Cl)c1C(=O)NNC(=O)C1CC1. The number of amides is 2. The van der Waals surface area contributed by atoms with Gasteiger partial charge in [-0.25, -0.2) is 4.68 Å². The molecular formula is C16H17ClN4O2. The van der Waals surface area contributed by atoms with Crippen LogP contribution in [0.15, 0.2) is 30.3 Å². The van der Waals surface area contributed by atoms with Gasteiger partial charge in [-0.3, -0.25) is 20.4 Å². The smallest absolute Gasteiger partial charge is 0.273 e. The van der Waals surface area contributed by atoms with Gasteiger partial charge in [-0.1, -0.05) is 41.9 Å². The van der Waals surface area contributed by atoms with E-state index in [4.69, 9.17) is 11.6 Å². The van der Waals surface area contributed by atoms with Crippen LogP contribution < -0.4 is 10.9 Å². The number of halogens is 1. The summed E-state index contributed by atoms with van der Waals surface area (Å²) in [5.74, 6) is -0.600. The van der Waals surface area contributed by atoms with E-state index in [1.807, 2.05) is 30.3 Å². The van der Waals surface area contributed by atoms with Gasteiger partial charge >= 0.3 is 0 Å². The highest BCUT2D eigenvalue weighted by atomic mass is 35.5. The second kappa shape index (κ2) is 6.42. The van der Waals surface area contributed by atoms with E-state index in [-0.39, 0.29) is 22.5 Å². The Morgan fingerprint density at radius 3 is 2.61 bits per heavy atom. The van der Waals surface area contributed by atoms with Crippen LogP contribution in [-0.4, -0.2) is 21.6 Å².